The molecule has 0 bridgehead atoms. The summed E-state index contributed by atoms with van der Waals surface area (Å²) in [4.78, 5) is 12.1. The molecule has 1 atom stereocenters. The van der Waals surface area contributed by atoms with Gasteiger partial charge in [0, 0.05) is 13.1 Å². The number of carbonyl (C=O) groups excluding carboxylic acids is 1. The van der Waals surface area contributed by atoms with Crippen molar-refractivity contribution in [2.24, 2.45) is 29.0 Å². The van der Waals surface area contributed by atoms with E-state index in [1.807, 2.05) is 35.2 Å². The summed E-state index contributed by atoms with van der Waals surface area (Å²) < 4.78 is 41.5. The zero-order chi connectivity index (χ0) is 35.2. The maximum atomic E-state index is 15.4. The van der Waals surface area contributed by atoms with Crippen molar-refractivity contribution in [1.29, 1.82) is 0 Å². The fourth-order valence-electron chi connectivity index (χ4n) is 6.22. The number of piperidine rings is 1. The Hall–Kier alpha value is -2.79. The van der Waals surface area contributed by atoms with Gasteiger partial charge in [0.25, 0.3) is 0 Å². The van der Waals surface area contributed by atoms with Crippen LogP contribution in [0, 0.1) is 23.5 Å². The van der Waals surface area contributed by atoms with Gasteiger partial charge in [-0.05, 0) is 38.3 Å². The number of halogens is 3. The third kappa shape index (κ3) is 10.4. The molecule has 2 aliphatic heterocycles. The summed E-state index contributed by atoms with van der Waals surface area (Å²) in [7, 11) is 2.86. The van der Waals surface area contributed by atoms with Gasteiger partial charge in [-0.25, -0.2) is 0 Å². The summed E-state index contributed by atoms with van der Waals surface area (Å²) in [6.45, 7) is 4.92. The minimum Gasteiger partial charge on any atom is -0.345 e. The van der Waals surface area contributed by atoms with Gasteiger partial charge in [0.1, 0.15) is 0 Å². The van der Waals surface area contributed by atoms with E-state index in [0.29, 0.717) is 33.6 Å². The Morgan fingerprint density at radius 3 is 2.21 bits per heavy atom. The molecule has 3 aromatic carbocycles. The summed E-state index contributed by atoms with van der Waals surface area (Å²) in [5, 5.41) is -0.178. The number of fused-ring (bicyclic) bond motifs is 1. The van der Waals surface area contributed by atoms with E-state index in [-0.39, 0.29) is 28.0 Å². The third-order valence-corrected chi connectivity index (χ3v) is 9.74. The fraction of sp³-hybridized carbons (Fsp3) is 0.459. The topological polar surface area (TPSA) is 117 Å². The SMILES string of the molecule is CC1CCCCC1.CN.COc1ccc([C](N)=[V])c(-c2c(Cl)c(F)cc3c2CC(c2ccccc2)O3)c1F.NCC1CCN(C=O)CC1. The van der Waals surface area contributed by atoms with Gasteiger partial charge in [-0.3, -0.25) is 4.79 Å². The maximum Gasteiger partial charge on any atom is 0.209 e. The molecule has 2 heterocycles. The first-order chi connectivity index (χ1) is 23.2. The van der Waals surface area contributed by atoms with Gasteiger partial charge in [0.15, 0.2) is 0 Å². The fourth-order valence-corrected chi connectivity index (χ4v) is 6.77. The average molecular weight is 722 g/mol. The van der Waals surface area contributed by atoms with E-state index < -0.39 is 11.6 Å². The number of ether oxygens (including phenoxy) is 2. The summed E-state index contributed by atoms with van der Waals surface area (Å²) >= 11 is 8.53. The molecular weight excluding hydrogens is 673 g/mol. The largest absolute Gasteiger partial charge is 0.345 e. The second kappa shape index (κ2) is 20.0. The van der Waals surface area contributed by atoms with Gasteiger partial charge in [-0.1, -0.05) is 39.0 Å². The first kappa shape index (κ1) is 39.7. The van der Waals surface area contributed by atoms with E-state index in [2.05, 4.69) is 29.6 Å². The molecule has 261 valence electrons. The number of benzene rings is 3. The number of amides is 1. The summed E-state index contributed by atoms with van der Waals surface area (Å²) in [5.41, 5.74) is 18.3. The van der Waals surface area contributed by atoms with E-state index in [9.17, 15) is 9.18 Å². The Morgan fingerprint density at radius 2 is 1.69 bits per heavy atom. The van der Waals surface area contributed by atoms with Gasteiger partial charge < -0.3 is 16.4 Å². The maximum absolute atomic E-state index is 15.4. The monoisotopic (exact) mass is 721 g/mol. The molecule has 11 heteroatoms. The van der Waals surface area contributed by atoms with Gasteiger partial charge in [-0.2, -0.15) is 0 Å². The van der Waals surface area contributed by atoms with Gasteiger partial charge in [0.05, 0.1) is 0 Å². The predicted octanol–water partition coefficient (Wildman–Crippen LogP) is 6.93. The van der Waals surface area contributed by atoms with Crippen LogP contribution in [-0.2, 0) is 28.2 Å². The van der Waals surface area contributed by atoms with Crippen molar-refractivity contribution >= 4 is 22.4 Å². The molecule has 2 fully saturated rings. The molecule has 6 rings (SSSR count). The normalized spacial score (nSPS) is 17.2. The number of carbonyl (C=O) groups is 1. The number of nitrogens with two attached hydrogens (primary N) is 3. The van der Waals surface area contributed by atoms with E-state index >= 15 is 4.39 Å². The van der Waals surface area contributed by atoms with Gasteiger partial charge >= 0.3 is 181 Å². The van der Waals surface area contributed by atoms with Crippen LogP contribution in [0.4, 0.5) is 8.78 Å². The van der Waals surface area contributed by atoms with Crippen molar-refractivity contribution in [3.05, 3.63) is 81.9 Å². The first-order valence-corrected chi connectivity index (χ1v) is 17.6. The van der Waals surface area contributed by atoms with Crippen LogP contribution in [0.25, 0.3) is 11.1 Å². The Bertz CT molecular complexity index is 1480. The van der Waals surface area contributed by atoms with Crippen LogP contribution < -0.4 is 26.7 Å². The second-order valence-electron chi connectivity index (χ2n) is 12.2. The molecule has 3 aromatic rings. The number of methoxy groups -OCH3 is 1. The molecule has 1 saturated heterocycles. The van der Waals surface area contributed by atoms with Crippen molar-refractivity contribution in [3.63, 3.8) is 0 Å². The Morgan fingerprint density at radius 1 is 1.04 bits per heavy atom. The van der Waals surface area contributed by atoms with Crippen LogP contribution in [0.3, 0.4) is 0 Å². The zero-order valence-electron chi connectivity index (χ0n) is 28.2. The van der Waals surface area contributed by atoms with E-state index in [1.54, 1.807) is 6.07 Å². The molecule has 1 amide bonds. The van der Waals surface area contributed by atoms with Crippen molar-refractivity contribution in [2.45, 2.75) is 64.4 Å². The van der Waals surface area contributed by atoms with E-state index in [4.69, 9.17) is 32.5 Å². The number of rotatable bonds is 6. The Balaban J connectivity index is 0.000000267. The molecule has 7 nitrogen and oxygen atoms in total. The predicted molar refractivity (Wildman–Crippen MR) is 187 cm³/mol. The zero-order valence-corrected chi connectivity index (χ0v) is 30.3. The van der Waals surface area contributed by atoms with E-state index in [1.165, 1.54) is 58.4 Å². The number of hydrogen-bond donors (Lipinski definition) is 3. The standard InChI is InChI=1S/C22H16ClF2NO2.C7H14N2O.C7H14.CH5N.V/c1-27-16-8-7-13(11-26)19(22(16)25)20-14-9-17(12-5-3-2-4-6-12)28-18(14)10-15(24)21(20)23;8-5-7-1-3-9(6-10)4-2-7;1-7-5-3-2-4-6-7;1-2;/h2-8,10,17H,9,26H2,1H3;6-7H,1-5,8H2;7H,2-6H2,1H3;2H2,1H3;. The third-order valence-electron chi connectivity index (χ3n) is 8.99. The Labute approximate surface area is 298 Å². The second-order valence-corrected chi connectivity index (χ2v) is 13.3. The van der Waals surface area contributed by atoms with Gasteiger partial charge in [0.2, 0.25) is 6.41 Å². The molecule has 1 aliphatic carbocycles. The van der Waals surface area contributed by atoms with Crippen LogP contribution in [0.15, 0.2) is 48.5 Å². The van der Waals surface area contributed by atoms with Crippen molar-refractivity contribution in [2.75, 3.05) is 33.8 Å². The molecule has 3 aliphatic rings. The van der Waals surface area contributed by atoms with Crippen LogP contribution in [0.1, 0.15) is 74.7 Å². The minimum absolute atomic E-state index is 0.0186. The number of hydrogen-bond acceptors (Lipinski definition) is 6. The summed E-state index contributed by atoms with van der Waals surface area (Å²) in [6.07, 6.45) is 10.6. The molecule has 0 aromatic heterocycles. The Kier molecular flexibility index (Phi) is 16.5. The molecule has 0 spiro atoms. The molecule has 1 saturated carbocycles. The first-order valence-electron chi connectivity index (χ1n) is 16.6. The van der Waals surface area contributed by atoms with Crippen LogP contribution >= 0.6 is 11.6 Å². The van der Waals surface area contributed by atoms with Gasteiger partial charge in [-0.15, -0.1) is 0 Å². The molecule has 6 N–H and O–H groups in total. The van der Waals surface area contributed by atoms with Crippen molar-refractivity contribution in [1.82, 2.24) is 4.90 Å². The molecule has 0 radical (unpaired) electrons. The summed E-state index contributed by atoms with van der Waals surface area (Å²) in [5.74, 6) is 0.700. The minimum atomic E-state index is -0.688. The quantitative estimate of drug-likeness (QED) is 0.238. The molecule has 1 unspecified atom stereocenters. The van der Waals surface area contributed by atoms with Crippen molar-refractivity contribution < 1.29 is 40.0 Å². The summed E-state index contributed by atoms with van der Waals surface area (Å²) in [6, 6.07) is 13.9. The van der Waals surface area contributed by atoms with Crippen molar-refractivity contribution in [3.8, 4) is 22.6 Å². The van der Waals surface area contributed by atoms with Crippen LogP contribution in [0.5, 0.6) is 11.5 Å². The number of likely N-dealkylation sites (tertiary alicyclic amines) is 1. The van der Waals surface area contributed by atoms with E-state index in [0.717, 1.165) is 50.4 Å². The molecule has 48 heavy (non-hydrogen) atoms. The van der Waals surface area contributed by atoms with Crippen LogP contribution in [-0.4, -0.2) is 49.5 Å². The average Bonchev–Trinajstić information content (AvgIpc) is 3.54. The molecular formula is C37H49ClF2N4O3V. The number of nitrogens with zero attached hydrogens (tertiary/aromatic N) is 1. The van der Waals surface area contributed by atoms with Crippen LogP contribution in [0.2, 0.25) is 5.02 Å². The smallest absolute Gasteiger partial charge is 0.209 e.